The third kappa shape index (κ3) is 5.24. The topological polar surface area (TPSA) is 9.86 Å². The van der Waals surface area contributed by atoms with Crippen molar-refractivity contribution in [3.8, 4) is 22.5 Å². The first-order chi connectivity index (χ1) is 28.3. The number of rotatable bonds is 7. The quantitative estimate of drug-likeness (QED) is 0.114. The molecule has 9 aromatic carbocycles. The Kier molecular flexibility index (Phi) is 7.87. The van der Waals surface area contributed by atoms with Gasteiger partial charge in [0, 0.05) is 32.9 Å². The summed E-state index contributed by atoms with van der Waals surface area (Å²) >= 11 is 0. The van der Waals surface area contributed by atoms with Gasteiger partial charge in [0.1, 0.15) is 0 Å². The molecule has 0 bridgehead atoms. The van der Waals surface area contributed by atoms with Crippen molar-refractivity contribution >= 4 is 72.4 Å². The van der Waals surface area contributed by atoms with Gasteiger partial charge in [-0.3, -0.25) is 0 Å². The molecule has 0 spiro atoms. The van der Waals surface area contributed by atoms with Crippen molar-refractivity contribution in [1.82, 2.24) is 9.13 Å². The number of hydrogen-bond donors (Lipinski definition) is 0. The van der Waals surface area contributed by atoms with Crippen molar-refractivity contribution in [3.05, 3.63) is 231 Å². The van der Waals surface area contributed by atoms with E-state index in [0.717, 1.165) is 11.4 Å². The molecule has 11 aromatic rings. The summed E-state index contributed by atoms with van der Waals surface area (Å²) in [4.78, 5) is 0. The Labute approximate surface area is 333 Å². The van der Waals surface area contributed by atoms with Crippen LogP contribution in [-0.4, -0.2) is 17.2 Å². The molecule has 57 heavy (non-hydrogen) atoms. The average Bonchev–Trinajstić information content (AvgIpc) is 3.81. The van der Waals surface area contributed by atoms with E-state index in [9.17, 15) is 0 Å². The molecule has 2 aromatic heterocycles. The lowest BCUT2D eigenvalue weighted by molar-refractivity contribution is 1.17. The highest BCUT2D eigenvalue weighted by atomic mass is 28.3. The zero-order valence-corrected chi connectivity index (χ0v) is 32.3. The molecule has 0 aliphatic carbocycles. The van der Waals surface area contributed by atoms with Crippen LogP contribution in [0.5, 0.6) is 0 Å². The van der Waals surface area contributed by atoms with E-state index < -0.39 is 8.07 Å². The van der Waals surface area contributed by atoms with Crippen molar-refractivity contribution in [2.45, 2.75) is 0 Å². The fourth-order valence-electron chi connectivity index (χ4n) is 9.38. The standard InChI is InChI=1S/C54H38N2Si/c1-4-17-39(18-5-1)40-19-16-24-46(37-40)57(43-20-6-2-7-21-43,44-22-8-3-9-23-44)45-34-31-41(32-35-45)55-53-30-15-12-27-49(53)50-38-42(33-36-54(50)55)56-51-28-13-10-25-47(51)48-26-11-14-29-52(48)56/h1-38H. The lowest BCUT2D eigenvalue weighted by atomic mass is 10.1. The lowest BCUT2D eigenvalue weighted by Gasteiger charge is -2.35. The van der Waals surface area contributed by atoms with Gasteiger partial charge < -0.3 is 9.13 Å². The Balaban J connectivity index is 1.11. The molecule has 0 N–H and O–H groups in total. The minimum Gasteiger partial charge on any atom is -0.309 e. The van der Waals surface area contributed by atoms with Crippen LogP contribution < -0.4 is 20.7 Å². The smallest absolute Gasteiger partial charge is 0.179 e. The van der Waals surface area contributed by atoms with Crippen LogP contribution in [0.15, 0.2) is 231 Å². The Morgan fingerprint density at radius 3 is 1.23 bits per heavy atom. The van der Waals surface area contributed by atoms with Crippen LogP contribution in [0.4, 0.5) is 0 Å². The molecule has 0 radical (unpaired) electrons. The second-order valence-electron chi connectivity index (χ2n) is 14.9. The average molecular weight is 743 g/mol. The summed E-state index contributed by atoms with van der Waals surface area (Å²) in [6.07, 6.45) is 0. The summed E-state index contributed by atoms with van der Waals surface area (Å²) in [6.45, 7) is 0. The van der Waals surface area contributed by atoms with Crippen LogP contribution >= 0.6 is 0 Å². The molecule has 268 valence electrons. The normalized spacial score (nSPS) is 11.9. The summed E-state index contributed by atoms with van der Waals surface area (Å²) < 4.78 is 4.85. The third-order valence-electron chi connectivity index (χ3n) is 11.9. The van der Waals surface area contributed by atoms with Gasteiger partial charge in [-0.05, 0) is 80.4 Å². The maximum Gasteiger partial charge on any atom is 0.179 e. The summed E-state index contributed by atoms with van der Waals surface area (Å²) in [6, 6.07) is 85.2. The van der Waals surface area contributed by atoms with Gasteiger partial charge in [0.2, 0.25) is 0 Å². The molecule has 2 nitrogen and oxygen atoms in total. The molecule has 0 aliphatic heterocycles. The summed E-state index contributed by atoms with van der Waals surface area (Å²) in [5.74, 6) is 0. The van der Waals surface area contributed by atoms with E-state index in [2.05, 4.69) is 240 Å². The zero-order valence-electron chi connectivity index (χ0n) is 31.3. The second kappa shape index (κ2) is 13.5. The van der Waals surface area contributed by atoms with E-state index in [1.54, 1.807) is 0 Å². The molecule has 0 unspecified atom stereocenters. The number of benzene rings is 9. The lowest BCUT2D eigenvalue weighted by Crippen LogP contribution is -2.74. The predicted molar refractivity (Wildman–Crippen MR) is 244 cm³/mol. The first-order valence-corrected chi connectivity index (χ1v) is 21.7. The Hall–Kier alpha value is -7.20. The maximum absolute atomic E-state index is 2.77. The van der Waals surface area contributed by atoms with Gasteiger partial charge in [-0.1, -0.05) is 182 Å². The molecule has 11 rings (SSSR count). The SMILES string of the molecule is c1ccc(-c2cccc([Si](c3ccccc3)(c3ccccc3)c3ccc(-n4c5ccccc5c5cc(-n6c7ccccc7c7ccccc76)ccc54)cc3)c2)cc1. The number of fused-ring (bicyclic) bond motifs is 6. The van der Waals surface area contributed by atoms with Gasteiger partial charge in [-0.2, -0.15) is 0 Å². The van der Waals surface area contributed by atoms with Gasteiger partial charge in [-0.25, -0.2) is 0 Å². The second-order valence-corrected chi connectivity index (χ2v) is 18.7. The van der Waals surface area contributed by atoms with Crippen molar-refractivity contribution in [2.24, 2.45) is 0 Å². The van der Waals surface area contributed by atoms with E-state index in [1.165, 1.54) is 75.5 Å². The fourth-order valence-corrected chi connectivity index (χ4v) is 14.1. The molecular formula is C54H38N2Si. The van der Waals surface area contributed by atoms with Gasteiger partial charge in [0.15, 0.2) is 8.07 Å². The Morgan fingerprint density at radius 2 is 0.649 bits per heavy atom. The highest BCUT2D eigenvalue weighted by molar-refractivity contribution is 7.19. The van der Waals surface area contributed by atoms with E-state index in [4.69, 9.17) is 0 Å². The van der Waals surface area contributed by atoms with E-state index in [0.29, 0.717) is 0 Å². The largest absolute Gasteiger partial charge is 0.309 e. The van der Waals surface area contributed by atoms with Crippen LogP contribution in [0, 0.1) is 0 Å². The molecular weight excluding hydrogens is 705 g/mol. The number of nitrogens with zero attached hydrogens (tertiary/aromatic N) is 2. The van der Waals surface area contributed by atoms with Gasteiger partial charge in [0.25, 0.3) is 0 Å². The van der Waals surface area contributed by atoms with E-state index in [-0.39, 0.29) is 0 Å². The summed E-state index contributed by atoms with van der Waals surface area (Å²) in [5, 5.41) is 10.5. The minimum absolute atomic E-state index is 1.15. The third-order valence-corrected chi connectivity index (χ3v) is 16.6. The first kappa shape index (κ1) is 33.2. The Morgan fingerprint density at radius 1 is 0.246 bits per heavy atom. The number of para-hydroxylation sites is 3. The summed E-state index contributed by atoms with van der Waals surface area (Å²) in [5.41, 5.74) is 9.61. The monoisotopic (exact) mass is 742 g/mol. The van der Waals surface area contributed by atoms with Crippen LogP contribution in [0.2, 0.25) is 0 Å². The predicted octanol–water partition coefficient (Wildman–Crippen LogP) is 10.9. The van der Waals surface area contributed by atoms with E-state index in [1.807, 2.05) is 0 Å². The molecule has 0 saturated heterocycles. The highest BCUT2D eigenvalue weighted by Gasteiger charge is 2.41. The van der Waals surface area contributed by atoms with Gasteiger partial charge >= 0.3 is 0 Å². The molecule has 2 heterocycles. The minimum atomic E-state index is -2.77. The molecule has 0 aliphatic rings. The number of hydrogen-bond acceptors (Lipinski definition) is 0. The Bertz CT molecular complexity index is 3120. The van der Waals surface area contributed by atoms with Crippen molar-refractivity contribution in [3.63, 3.8) is 0 Å². The number of aromatic nitrogens is 2. The maximum atomic E-state index is 2.44. The van der Waals surface area contributed by atoms with Crippen molar-refractivity contribution < 1.29 is 0 Å². The van der Waals surface area contributed by atoms with Crippen LogP contribution in [-0.2, 0) is 0 Å². The van der Waals surface area contributed by atoms with Gasteiger partial charge in [-0.15, -0.1) is 0 Å². The molecule has 3 heteroatoms. The zero-order chi connectivity index (χ0) is 37.8. The van der Waals surface area contributed by atoms with E-state index >= 15 is 0 Å². The van der Waals surface area contributed by atoms with Gasteiger partial charge in [0.05, 0.1) is 22.1 Å². The summed E-state index contributed by atoms with van der Waals surface area (Å²) in [7, 11) is -2.77. The van der Waals surface area contributed by atoms with Crippen molar-refractivity contribution in [1.29, 1.82) is 0 Å². The van der Waals surface area contributed by atoms with Crippen LogP contribution in [0.25, 0.3) is 66.1 Å². The van der Waals surface area contributed by atoms with Crippen LogP contribution in [0.1, 0.15) is 0 Å². The highest BCUT2D eigenvalue weighted by Crippen LogP contribution is 2.36. The fraction of sp³-hybridized carbons (Fsp3) is 0. The first-order valence-electron chi connectivity index (χ1n) is 19.7. The van der Waals surface area contributed by atoms with Crippen LogP contribution in [0.3, 0.4) is 0 Å². The van der Waals surface area contributed by atoms with Crippen molar-refractivity contribution in [2.75, 3.05) is 0 Å². The molecule has 0 amide bonds. The molecule has 0 atom stereocenters. The molecule has 0 saturated carbocycles. The molecule has 0 fully saturated rings.